The lowest BCUT2D eigenvalue weighted by molar-refractivity contribution is -0.113. The van der Waals surface area contributed by atoms with Crippen molar-refractivity contribution in [2.75, 3.05) is 0 Å². The average Bonchev–Trinajstić information content (AvgIpc) is 2.28. The minimum atomic E-state index is -0.308. The molecule has 96 valence electrons. The van der Waals surface area contributed by atoms with Gasteiger partial charge in [0.15, 0.2) is 11.5 Å². The minimum absolute atomic E-state index is 0.0112. The van der Waals surface area contributed by atoms with Gasteiger partial charge in [0.25, 0.3) is 0 Å². The number of hydrogen-bond donors (Lipinski definition) is 1. The molecule has 0 aliphatic carbocycles. The Bertz CT molecular complexity index is 481. The maximum absolute atomic E-state index is 11.2. The molecule has 0 amide bonds. The number of carbonyl (C=O) groups is 1. The molecule has 1 N–H and O–H groups in total. The standard InChI is InChI=1S/C14H18N2O2/c1-9(2)12-5-7-13(8-6-12)15-16-14(10(3)17)11(4)18/h5-9,17H,1-4H3. The van der Waals surface area contributed by atoms with Crippen molar-refractivity contribution in [2.24, 2.45) is 10.2 Å². The Morgan fingerprint density at radius 1 is 1.17 bits per heavy atom. The van der Waals surface area contributed by atoms with Gasteiger partial charge in [-0.25, -0.2) is 0 Å². The molecule has 18 heavy (non-hydrogen) atoms. The van der Waals surface area contributed by atoms with Crippen molar-refractivity contribution in [3.05, 3.63) is 41.3 Å². The predicted octanol–water partition coefficient (Wildman–Crippen LogP) is 4.27. The van der Waals surface area contributed by atoms with Gasteiger partial charge in [0.05, 0.1) is 5.69 Å². The summed E-state index contributed by atoms with van der Waals surface area (Å²) < 4.78 is 0. The van der Waals surface area contributed by atoms with E-state index in [1.165, 1.54) is 19.4 Å². The van der Waals surface area contributed by atoms with Crippen molar-refractivity contribution >= 4 is 11.5 Å². The third-order valence-corrected chi connectivity index (χ3v) is 2.50. The van der Waals surface area contributed by atoms with Crippen molar-refractivity contribution in [3.63, 3.8) is 0 Å². The van der Waals surface area contributed by atoms with Crippen LogP contribution in [-0.4, -0.2) is 10.9 Å². The molecule has 0 aromatic heterocycles. The molecule has 0 bridgehead atoms. The van der Waals surface area contributed by atoms with Crippen molar-refractivity contribution in [2.45, 2.75) is 33.6 Å². The van der Waals surface area contributed by atoms with E-state index < -0.39 is 0 Å². The smallest absolute Gasteiger partial charge is 0.183 e. The second kappa shape index (κ2) is 6.10. The Labute approximate surface area is 107 Å². The van der Waals surface area contributed by atoms with Crippen LogP contribution in [0.15, 0.2) is 46.0 Å². The van der Waals surface area contributed by atoms with Gasteiger partial charge in [-0.15, -0.1) is 5.11 Å². The second-order valence-electron chi connectivity index (χ2n) is 4.44. The highest BCUT2D eigenvalue weighted by Crippen LogP contribution is 2.20. The molecule has 4 nitrogen and oxygen atoms in total. The number of aliphatic hydroxyl groups excluding tert-OH is 1. The molecule has 0 heterocycles. The summed E-state index contributed by atoms with van der Waals surface area (Å²) in [5, 5.41) is 17.0. The molecule has 0 aliphatic rings. The number of Topliss-reactive ketones (excluding diaryl/α,β-unsaturated/α-hetero) is 1. The highest BCUT2D eigenvalue weighted by molar-refractivity contribution is 5.93. The van der Waals surface area contributed by atoms with E-state index in [-0.39, 0.29) is 17.2 Å². The number of ketones is 1. The molecular weight excluding hydrogens is 228 g/mol. The monoisotopic (exact) mass is 246 g/mol. The Hall–Kier alpha value is -1.97. The highest BCUT2D eigenvalue weighted by Gasteiger charge is 2.06. The summed E-state index contributed by atoms with van der Waals surface area (Å²) in [6.45, 7) is 6.98. The van der Waals surface area contributed by atoms with Crippen molar-refractivity contribution in [1.29, 1.82) is 0 Å². The van der Waals surface area contributed by atoms with Crippen molar-refractivity contribution in [3.8, 4) is 0 Å². The minimum Gasteiger partial charge on any atom is -0.510 e. The first kappa shape index (κ1) is 14.1. The molecule has 0 fully saturated rings. The Balaban J connectivity index is 2.91. The lowest BCUT2D eigenvalue weighted by Crippen LogP contribution is -1.96. The lowest BCUT2D eigenvalue weighted by Gasteiger charge is -2.04. The number of aliphatic hydroxyl groups is 1. The van der Waals surface area contributed by atoms with E-state index in [0.717, 1.165) is 0 Å². The molecule has 0 aliphatic heterocycles. The Kier molecular flexibility index (Phi) is 4.77. The van der Waals surface area contributed by atoms with E-state index in [4.69, 9.17) is 0 Å². The van der Waals surface area contributed by atoms with Crippen LogP contribution in [0.2, 0.25) is 0 Å². The summed E-state index contributed by atoms with van der Waals surface area (Å²) in [5.74, 6) is 0.0333. The van der Waals surface area contributed by atoms with E-state index in [0.29, 0.717) is 11.6 Å². The molecule has 1 aromatic rings. The van der Waals surface area contributed by atoms with Gasteiger partial charge in [0.2, 0.25) is 0 Å². The predicted molar refractivity (Wildman–Crippen MR) is 71.1 cm³/mol. The molecule has 0 radical (unpaired) electrons. The molecule has 0 saturated carbocycles. The largest absolute Gasteiger partial charge is 0.510 e. The number of rotatable bonds is 4. The van der Waals surface area contributed by atoms with Crippen LogP contribution in [0.5, 0.6) is 0 Å². The van der Waals surface area contributed by atoms with E-state index in [1.54, 1.807) is 0 Å². The van der Waals surface area contributed by atoms with Crippen molar-refractivity contribution in [1.82, 2.24) is 0 Å². The summed E-state index contributed by atoms with van der Waals surface area (Å²) >= 11 is 0. The maximum Gasteiger partial charge on any atom is 0.183 e. The first-order chi connectivity index (χ1) is 8.41. The third kappa shape index (κ3) is 3.80. The number of hydrogen-bond acceptors (Lipinski definition) is 4. The summed E-state index contributed by atoms with van der Waals surface area (Å²) in [6, 6.07) is 7.62. The maximum atomic E-state index is 11.2. The van der Waals surface area contributed by atoms with Crippen molar-refractivity contribution < 1.29 is 9.90 Å². The number of carbonyl (C=O) groups excluding carboxylic acids is 1. The van der Waals surface area contributed by atoms with Gasteiger partial charge in [-0.1, -0.05) is 26.0 Å². The second-order valence-corrected chi connectivity index (χ2v) is 4.44. The molecule has 0 atom stereocenters. The van der Waals surface area contributed by atoms with Gasteiger partial charge in [0, 0.05) is 6.92 Å². The summed E-state index contributed by atoms with van der Waals surface area (Å²) in [5.41, 5.74) is 1.86. The molecule has 4 heteroatoms. The SMILES string of the molecule is CC(=O)C(N=Nc1ccc(C(C)C)cc1)=C(C)O. The van der Waals surface area contributed by atoms with Crippen LogP contribution >= 0.6 is 0 Å². The zero-order valence-corrected chi connectivity index (χ0v) is 11.1. The first-order valence-corrected chi connectivity index (χ1v) is 5.84. The fraction of sp³-hybridized carbons (Fsp3) is 0.357. The number of nitrogens with zero attached hydrogens (tertiary/aromatic N) is 2. The number of azo groups is 1. The van der Waals surface area contributed by atoms with Crippen LogP contribution in [0, 0.1) is 0 Å². The zero-order valence-electron chi connectivity index (χ0n) is 11.1. The van der Waals surface area contributed by atoms with Crippen LogP contribution < -0.4 is 0 Å². The van der Waals surface area contributed by atoms with Gasteiger partial charge in [-0.2, -0.15) is 5.11 Å². The van der Waals surface area contributed by atoms with Crippen LogP contribution in [0.1, 0.15) is 39.2 Å². The fourth-order valence-corrected chi connectivity index (χ4v) is 1.43. The van der Waals surface area contributed by atoms with Gasteiger partial charge in [-0.3, -0.25) is 4.79 Å². The Morgan fingerprint density at radius 2 is 1.72 bits per heavy atom. The molecule has 0 saturated heterocycles. The van der Waals surface area contributed by atoms with Crippen LogP contribution in [0.4, 0.5) is 5.69 Å². The van der Waals surface area contributed by atoms with Gasteiger partial charge >= 0.3 is 0 Å². The molecule has 1 aromatic carbocycles. The average molecular weight is 246 g/mol. The quantitative estimate of drug-likeness (QED) is 0.490. The summed E-state index contributed by atoms with van der Waals surface area (Å²) in [7, 11) is 0. The molecule has 1 rings (SSSR count). The fourth-order valence-electron chi connectivity index (χ4n) is 1.43. The summed E-state index contributed by atoms with van der Waals surface area (Å²) in [4.78, 5) is 11.2. The molecule has 0 spiro atoms. The first-order valence-electron chi connectivity index (χ1n) is 5.84. The number of allylic oxidation sites excluding steroid dienone is 2. The van der Waals surface area contributed by atoms with E-state index in [1.807, 2.05) is 24.3 Å². The van der Waals surface area contributed by atoms with Gasteiger partial charge in [-0.05, 0) is 30.5 Å². The normalized spacial score (nSPS) is 12.9. The molecular formula is C14H18N2O2. The van der Waals surface area contributed by atoms with E-state index in [9.17, 15) is 9.90 Å². The van der Waals surface area contributed by atoms with Gasteiger partial charge in [0.1, 0.15) is 5.76 Å². The highest BCUT2D eigenvalue weighted by atomic mass is 16.3. The molecule has 0 unspecified atom stereocenters. The lowest BCUT2D eigenvalue weighted by atomic mass is 10.0. The Morgan fingerprint density at radius 3 is 2.11 bits per heavy atom. The van der Waals surface area contributed by atoms with Crippen LogP contribution in [0.25, 0.3) is 0 Å². The summed E-state index contributed by atoms with van der Waals surface area (Å²) in [6.07, 6.45) is 0. The van der Waals surface area contributed by atoms with Crippen LogP contribution in [-0.2, 0) is 4.79 Å². The third-order valence-electron chi connectivity index (χ3n) is 2.50. The van der Waals surface area contributed by atoms with E-state index >= 15 is 0 Å². The van der Waals surface area contributed by atoms with Crippen LogP contribution in [0.3, 0.4) is 0 Å². The topological polar surface area (TPSA) is 62.0 Å². The van der Waals surface area contributed by atoms with Gasteiger partial charge < -0.3 is 5.11 Å². The number of benzene rings is 1. The van der Waals surface area contributed by atoms with E-state index in [2.05, 4.69) is 24.1 Å². The zero-order chi connectivity index (χ0) is 13.7.